The van der Waals surface area contributed by atoms with E-state index in [1.807, 2.05) is 36.4 Å². The minimum atomic E-state index is -4.68. The lowest BCUT2D eigenvalue weighted by Gasteiger charge is -2.28. The van der Waals surface area contributed by atoms with Crippen LogP contribution in [0.15, 0.2) is 117 Å². The molecular formula is C49H55N2O12S4-3. The molecule has 7 rings (SSSR count). The van der Waals surface area contributed by atoms with E-state index in [-0.39, 0.29) is 17.7 Å². The van der Waals surface area contributed by atoms with Crippen molar-refractivity contribution in [3.05, 3.63) is 119 Å². The highest BCUT2D eigenvalue weighted by atomic mass is 32.2. The number of fused-ring (bicyclic) bond motifs is 6. The Morgan fingerprint density at radius 2 is 1.42 bits per heavy atom. The zero-order valence-electron chi connectivity index (χ0n) is 38.5. The van der Waals surface area contributed by atoms with Crippen molar-refractivity contribution >= 4 is 81.0 Å². The summed E-state index contributed by atoms with van der Waals surface area (Å²) in [5, 5.41) is 15.3. The normalized spacial score (nSPS) is 19.7. The van der Waals surface area contributed by atoms with Crippen LogP contribution < -0.4 is 10.2 Å². The maximum atomic E-state index is 11.9. The second kappa shape index (κ2) is 19.3. The first kappa shape index (κ1) is 50.7. The molecule has 2 heterocycles. The molecule has 0 saturated heterocycles. The first-order valence-corrected chi connectivity index (χ1v) is 27.3. The largest absolute Gasteiger partial charge is 0.748 e. The topological polar surface area (TPSA) is 219 Å². The molecular weight excluding hydrogens is 937 g/mol. The van der Waals surface area contributed by atoms with Gasteiger partial charge in [0.1, 0.15) is 16.7 Å². The highest BCUT2D eigenvalue weighted by molar-refractivity contribution is 7.94. The van der Waals surface area contributed by atoms with E-state index >= 15 is 0 Å². The Hall–Kier alpha value is -4.21. The van der Waals surface area contributed by atoms with Gasteiger partial charge in [-0.1, -0.05) is 44.2 Å². The fourth-order valence-corrected chi connectivity index (χ4v) is 11.9. The van der Waals surface area contributed by atoms with Gasteiger partial charge in [0.15, 0.2) is 5.71 Å². The van der Waals surface area contributed by atoms with E-state index in [0.717, 1.165) is 98.1 Å². The van der Waals surface area contributed by atoms with E-state index in [1.54, 1.807) is 12.1 Å². The van der Waals surface area contributed by atoms with Gasteiger partial charge >= 0.3 is 0 Å². The fraction of sp³-hybridized carbons (Fsp3) is 0.408. The first-order chi connectivity index (χ1) is 31.3. The summed E-state index contributed by atoms with van der Waals surface area (Å²) in [5.41, 5.74) is 8.14. The summed E-state index contributed by atoms with van der Waals surface area (Å²) in [7, 11) is -13.6. The fourth-order valence-electron chi connectivity index (χ4n) is 10.1. The molecule has 0 bridgehead atoms. The van der Waals surface area contributed by atoms with Crippen molar-refractivity contribution in [3.63, 3.8) is 0 Å². The molecule has 2 aliphatic heterocycles. The Kier molecular flexibility index (Phi) is 14.6. The van der Waals surface area contributed by atoms with Gasteiger partial charge in [-0.25, -0.2) is 25.3 Å². The van der Waals surface area contributed by atoms with Crippen molar-refractivity contribution < 1.29 is 58.1 Å². The number of hydrogen-bond acceptors (Lipinski definition) is 14. The second-order valence-electron chi connectivity index (χ2n) is 18.8. The molecule has 3 aliphatic rings. The molecule has 0 radical (unpaired) electrons. The van der Waals surface area contributed by atoms with Gasteiger partial charge in [-0.3, -0.25) is 5.04 Å². The quantitative estimate of drug-likeness (QED) is 0.0318. The molecule has 360 valence electrons. The van der Waals surface area contributed by atoms with Crippen LogP contribution >= 0.6 is 12.0 Å². The second-order valence-corrected chi connectivity index (χ2v) is 24.5. The van der Waals surface area contributed by atoms with Crippen molar-refractivity contribution in [1.82, 2.24) is 0 Å². The van der Waals surface area contributed by atoms with Gasteiger partial charge in [0, 0.05) is 62.9 Å². The molecule has 4 aromatic rings. The number of rotatable bonds is 17. The monoisotopic (exact) mass is 991 g/mol. The minimum Gasteiger partial charge on any atom is -0.748 e. The van der Waals surface area contributed by atoms with E-state index < -0.39 is 51.7 Å². The SMILES string of the molecule is CC1=C(/C=C/C2=[N+](CCCC(C)S(=O)(=O)[O-])c3ccc4cc(S(=O)(=O)[O-])ccc4c3C2(C)C)CCC/C1=C\C=C1\N(CCCC(C)S(=O)(=O)[O-])c2ccc3cc(SOO[O-])ccc3c2C1(C)C. The third-order valence-electron chi connectivity index (χ3n) is 13.8. The summed E-state index contributed by atoms with van der Waals surface area (Å²) in [6.45, 7) is 14.4. The van der Waals surface area contributed by atoms with Crippen molar-refractivity contribution in [2.75, 3.05) is 18.0 Å². The van der Waals surface area contributed by atoms with Gasteiger partial charge in [-0.05, 0) is 159 Å². The van der Waals surface area contributed by atoms with Crippen LogP contribution in [0.25, 0.3) is 21.5 Å². The highest BCUT2D eigenvalue weighted by Gasteiger charge is 2.46. The lowest BCUT2D eigenvalue weighted by Crippen LogP contribution is -2.28. The van der Waals surface area contributed by atoms with Crippen LogP contribution in [0.3, 0.4) is 0 Å². The van der Waals surface area contributed by atoms with Crippen LogP contribution in [0.1, 0.15) is 105 Å². The summed E-state index contributed by atoms with van der Waals surface area (Å²) in [6.07, 6.45) is 12.4. The van der Waals surface area contributed by atoms with E-state index in [2.05, 4.69) is 77.8 Å². The number of anilines is 1. The summed E-state index contributed by atoms with van der Waals surface area (Å²) in [6, 6.07) is 17.9. The van der Waals surface area contributed by atoms with Crippen LogP contribution in [-0.4, -0.2) is 72.8 Å². The van der Waals surface area contributed by atoms with E-state index in [9.17, 15) is 44.2 Å². The van der Waals surface area contributed by atoms with Gasteiger partial charge in [0.2, 0.25) is 5.69 Å². The molecule has 0 saturated carbocycles. The standard InChI is InChI=1S/C49H58N2O12S4/c1-31(65(53,54)55)11-9-27-50-42-23-15-36-29-38(64-63-62-52)19-21-40(36)46(42)48(4,5)44(50)25-17-34-13-8-14-35(33(34)3)18-26-45-49(6,7)47-41-22-20-39(67(59,60)61)30-37(41)16-24-43(47)51(45)28-10-12-32(2)66(56,57)58/h15-26,29-32H,8-14,27-28H2,1-7H3,(H3-,52,53,54,55,56,57,58,59,60,61)/p-3. The molecule has 2 atom stereocenters. The Bertz CT molecular complexity index is 3130. The Morgan fingerprint density at radius 3 is 2.09 bits per heavy atom. The predicted molar refractivity (Wildman–Crippen MR) is 256 cm³/mol. The number of benzene rings is 4. The molecule has 67 heavy (non-hydrogen) atoms. The lowest BCUT2D eigenvalue weighted by atomic mass is 9.78. The summed E-state index contributed by atoms with van der Waals surface area (Å²) >= 11 is 0.818. The first-order valence-electron chi connectivity index (χ1n) is 22.2. The molecule has 0 N–H and O–H groups in total. The third-order valence-corrected chi connectivity index (χ3v) is 17.6. The average Bonchev–Trinajstić information content (AvgIpc) is 3.61. The van der Waals surface area contributed by atoms with Crippen molar-refractivity contribution in [3.8, 4) is 0 Å². The Balaban J connectivity index is 1.26. The van der Waals surface area contributed by atoms with Crippen LogP contribution in [0.4, 0.5) is 11.4 Å². The molecule has 0 aromatic heterocycles. The van der Waals surface area contributed by atoms with E-state index in [4.69, 9.17) is 0 Å². The molecule has 0 fully saturated rings. The maximum Gasteiger partial charge on any atom is 0.210 e. The molecule has 14 nitrogen and oxygen atoms in total. The Morgan fingerprint density at radius 1 is 0.776 bits per heavy atom. The number of allylic oxidation sites excluding steroid dienone is 8. The van der Waals surface area contributed by atoms with Gasteiger partial charge in [0.05, 0.1) is 42.6 Å². The molecule has 1 aliphatic carbocycles. The van der Waals surface area contributed by atoms with Crippen LogP contribution in [0.5, 0.6) is 0 Å². The number of hydrogen-bond donors (Lipinski definition) is 0. The minimum absolute atomic E-state index is 0.174. The van der Waals surface area contributed by atoms with Gasteiger partial charge in [-0.15, -0.1) is 0 Å². The van der Waals surface area contributed by atoms with Crippen molar-refractivity contribution in [1.29, 1.82) is 0 Å². The zero-order valence-corrected chi connectivity index (χ0v) is 41.8. The summed E-state index contributed by atoms with van der Waals surface area (Å²) < 4.78 is 113. The highest BCUT2D eigenvalue weighted by Crippen LogP contribution is 2.52. The summed E-state index contributed by atoms with van der Waals surface area (Å²) in [5.74, 6) is 0. The number of nitrogens with zero attached hydrogens (tertiary/aromatic N) is 2. The van der Waals surface area contributed by atoms with Gasteiger partial charge in [-0.2, -0.15) is 8.91 Å². The zero-order chi connectivity index (χ0) is 48.9. The van der Waals surface area contributed by atoms with E-state index in [1.165, 1.54) is 26.0 Å². The molecule has 4 aromatic carbocycles. The molecule has 0 amide bonds. The average molecular weight is 992 g/mol. The predicted octanol–water partition coefficient (Wildman–Crippen LogP) is 8.60. The lowest BCUT2D eigenvalue weighted by molar-refractivity contribution is -0.777. The van der Waals surface area contributed by atoms with Crippen molar-refractivity contribution in [2.45, 2.75) is 125 Å². The molecule has 18 heteroatoms. The van der Waals surface area contributed by atoms with Gasteiger partial charge in [0.25, 0.3) is 0 Å². The van der Waals surface area contributed by atoms with E-state index in [0.29, 0.717) is 36.2 Å². The molecule has 0 spiro atoms. The van der Waals surface area contributed by atoms with Crippen LogP contribution in [0.2, 0.25) is 0 Å². The third kappa shape index (κ3) is 10.4. The summed E-state index contributed by atoms with van der Waals surface area (Å²) in [4.78, 5) is 2.59. The maximum absolute atomic E-state index is 11.9. The Labute approximate surface area is 398 Å². The van der Waals surface area contributed by atoms with Crippen LogP contribution in [-0.2, 0) is 50.6 Å². The van der Waals surface area contributed by atoms with Crippen molar-refractivity contribution in [2.24, 2.45) is 0 Å². The molecule has 2 unspecified atom stereocenters. The van der Waals surface area contributed by atoms with Crippen LogP contribution in [0, 0.1) is 0 Å². The smallest absolute Gasteiger partial charge is 0.210 e. The van der Waals surface area contributed by atoms with Gasteiger partial charge < -0.3 is 23.8 Å².